The smallest absolute Gasteiger partial charge is 0.122 e. The van der Waals surface area contributed by atoms with E-state index in [9.17, 15) is 0 Å². The molecule has 0 fully saturated rings. The Balaban J connectivity index is 1.80. The fourth-order valence-electron chi connectivity index (χ4n) is 2.64. The Bertz CT molecular complexity index is 392. The van der Waals surface area contributed by atoms with Crippen LogP contribution in [0, 0.1) is 0 Å². The number of ether oxygens (including phenoxy) is 2. The molecular formula is C16H25NO2. The van der Waals surface area contributed by atoms with Gasteiger partial charge in [0, 0.05) is 26.2 Å². The summed E-state index contributed by atoms with van der Waals surface area (Å²) in [5.74, 6) is 1.08. The second-order valence-corrected chi connectivity index (χ2v) is 5.20. The highest BCUT2D eigenvalue weighted by Gasteiger charge is 2.12. The average Bonchev–Trinajstić information content (AvgIpc) is 2.90. The second-order valence-electron chi connectivity index (χ2n) is 5.20. The summed E-state index contributed by atoms with van der Waals surface area (Å²) >= 11 is 0. The summed E-state index contributed by atoms with van der Waals surface area (Å²) in [5, 5.41) is 3.40. The molecule has 1 N–H and O–H groups in total. The SMILES string of the molecule is CNC(CCCOC)CCc1ccc2c(c1)CCO2. The van der Waals surface area contributed by atoms with Crippen LogP contribution < -0.4 is 10.1 Å². The molecule has 0 radical (unpaired) electrons. The molecule has 0 bridgehead atoms. The summed E-state index contributed by atoms with van der Waals surface area (Å²) in [4.78, 5) is 0. The van der Waals surface area contributed by atoms with E-state index in [4.69, 9.17) is 9.47 Å². The lowest BCUT2D eigenvalue weighted by molar-refractivity contribution is 0.188. The van der Waals surface area contributed by atoms with E-state index < -0.39 is 0 Å². The minimum atomic E-state index is 0.583. The van der Waals surface area contributed by atoms with Gasteiger partial charge in [0.05, 0.1) is 6.61 Å². The average molecular weight is 263 g/mol. The highest BCUT2D eigenvalue weighted by atomic mass is 16.5. The molecule has 1 atom stereocenters. The molecule has 2 rings (SSSR count). The molecule has 0 amide bonds. The van der Waals surface area contributed by atoms with Crippen molar-refractivity contribution >= 4 is 0 Å². The van der Waals surface area contributed by atoms with Gasteiger partial charge in [-0.3, -0.25) is 0 Å². The monoisotopic (exact) mass is 263 g/mol. The van der Waals surface area contributed by atoms with Crippen molar-refractivity contribution in [3.05, 3.63) is 29.3 Å². The van der Waals surface area contributed by atoms with E-state index in [1.807, 2.05) is 7.05 Å². The van der Waals surface area contributed by atoms with Crippen LogP contribution >= 0.6 is 0 Å². The number of aryl methyl sites for hydroxylation is 1. The van der Waals surface area contributed by atoms with Gasteiger partial charge in [0.25, 0.3) is 0 Å². The van der Waals surface area contributed by atoms with Crippen LogP contribution in [0.25, 0.3) is 0 Å². The van der Waals surface area contributed by atoms with Crippen molar-refractivity contribution < 1.29 is 9.47 Å². The molecule has 1 heterocycles. The molecule has 0 saturated carbocycles. The molecule has 106 valence electrons. The van der Waals surface area contributed by atoms with Gasteiger partial charge in [0.1, 0.15) is 5.75 Å². The maximum absolute atomic E-state index is 5.54. The minimum Gasteiger partial charge on any atom is -0.493 e. The molecule has 3 nitrogen and oxygen atoms in total. The van der Waals surface area contributed by atoms with Gasteiger partial charge in [-0.05, 0) is 49.9 Å². The molecule has 19 heavy (non-hydrogen) atoms. The quantitative estimate of drug-likeness (QED) is 0.731. The highest BCUT2D eigenvalue weighted by Crippen LogP contribution is 2.26. The molecule has 1 aromatic carbocycles. The standard InChI is InChI=1S/C16H25NO2/c1-17-15(4-3-10-18-2)7-5-13-6-8-16-14(12-13)9-11-19-16/h6,8,12,15,17H,3-5,7,9-11H2,1-2H3. The molecule has 1 unspecified atom stereocenters. The first kappa shape index (κ1) is 14.4. The lowest BCUT2D eigenvalue weighted by atomic mass is 10.00. The first-order chi connectivity index (χ1) is 9.33. The van der Waals surface area contributed by atoms with E-state index in [2.05, 4.69) is 23.5 Å². The fraction of sp³-hybridized carbons (Fsp3) is 0.625. The Kier molecular flexibility index (Phi) is 5.67. The fourth-order valence-corrected chi connectivity index (χ4v) is 2.64. The van der Waals surface area contributed by atoms with Crippen molar-refractivity contribution in [1.29, 1.82) is 0 Å². The van der Waals surface area contributed by atoms with Crippen molar-refractivity contribution in [3.8, 4) is 5.75 Å². The third-order valence-electron chi connectivity index (χ3n) is 3.84. The Labute approximate surface area is 116 Å². The largest absolute Gasteiger partial charge is 0.493 e. The number of nitrogens with one attached hydrogen (secondary N) is 1. The van der Waals surface area contributed by atoms with Gasteiger partial charge >= 0.3 is 0 Å². The van der Waals surface area contributed by atoms with Gasteiger partial charge in [-0.1, -0.05) is 12.1 Å². The molecule has 0 saturated heterocycles. The molecule has 1 aliphatic heterocycles. The van der Waals surface area contributed by atoms with Crippen LogP contribution in [0.1, 0.15) is 30.4 Å². The third kappa shape index (κ3) is 4.22. The van der Waals surface area contributed by atoms with Crippen molar-refractivity contribution in [2.75, 3.05) is 27.4 Å². The van der Waals surface area contributed by atoms with Crippen LogP contribution in [0.5, 0.6) is 5.75 Å². The minimum absolute atomic E-state index is 0.583. The van der Waals surface area contributed by atoms with E-state index in [1.54, 1.807) is 7.11 Å². The summed E-state index contributed by atoms with van der Waals surface area (Å²) < 4.78 is 10.6. The van der Waals surface area contributed by atoms with E-state index in [0.29, 0.717) is 6.04 Å². The van der Waals surface area contributed by atoms with E-state index in [1.165, 1.54) is 24.0 Å². The first-order valence-electron chi connectivity index (χ1n) is 7.24. The molecule has 0 aromatic heterocycles. The Morgan fingerprint density at radius 1 is 1.37 bits per heavy atom. The molecule has 1 aromatic rings. The van der Waals surface area contributed by atoms with Crippen molar-refractivity contribution in [2.24, 2.45) is 0 Å². The van der Waals surface area contributed by atoms with E-state index in [-0.39, 0.29) is 0 Å². The van der Waals surface area contributed by atoms with Gasteiger partial charge in [-0.2, -0.15) is 0 Å². The van der Waals surface area contributed by atoms with Crippen LogP contribution in [0.3, 0.4) is 0 Å². The van der Waals surface area contributed by atoms with Gasteiger partial charge in [-0.15, -0.1) is 0 Å². The van der Waals surface area contributed by atoms with Crippen LogP contribution in [0.2, 0.25) is 0 Å². The van der Waals surface area contributed by atoms with Gasteiger partial charge in [0.15, 0.2) is 0 Å². The number of methoxy groups -OCH3 is 1. The van der Waals surface area contributed by atoms with Crippen LogP contribution in [-0.2, 0) is 17.6 Å². The van der Waals surface area contributed by atoms with Crippen LogP contribution in [-0.4, -0.2) is 33.4 Å². The predicted octanol–water partition coefficient (Wildman–Crippen LogP) is 2.57. The Hall–Kier alpha value is -1.06. The summed E-state index contributed by atoms with van der Waals surface area (Å²) in [6.45, 7) is 1.70. The molecule has 0 aliphatic carbocycles. The molecule has 1 aliphatic rings. The Morgan fingerprint density at radius 3 is 3.05 bits per heavy atom. The van der Waals surface area contributed by atoms with Gasteiger partial charge in [-0.25, -0.2) is 0 Å². The van der Waals surface area contributed by atoms with Gasteiger partial charge < -0.3 is 14.8 Å². The topological polar surface area (TPSA) is 30.5 Å². The number of benzene rings is 1. The maximum atomic E-state index is 5.54. The van der Waals surface area contributed by atoms with Crippen molar-refractivity contribution in [1.82, 2.24) is 5.32 Å². The Morgan fingerprint density at radius 2 is 2.26 bits per heavy atom. The zero-order valence-corrected chi connectivity index (χ0v) is 12.1. The van der Waals surface area contributed by atoms with E-state index in [0.717, 1.165) is 38.2 Å². The molecular weight excluding hydrogens is 238 g/mol. The third-order valence-corrected chi connectivity index (χ3v) is 3.84. The lowest BCUT2D eigenvalue weighted by Crippen LogP contribution is -2.26. The number of hydrogen-bond acceptors (Lipinski definition) is 3. The van der Waals surface area contributed by atoms with E-state index >= 15 is 0 Å². The predicted molar refractivity (Wildman–Crippen MR) is 77.9 cm³/mol. The maximum Gasteiger partial charge on any atom is 0.122 e. The number of fused-ring (bicyclic) bond motifs is 1. The number of rotatable bonds is 8. The number of hydrogen-bond donors (Lipinski definition) is 1. The van der Waals surface area contributed by atoms with Crippen molar-refractivity contribution in [3.63, 3.8) is 0 Å². The van der Waals surface area contributed by atoms with Gasteiger partial charge in [0.2, 0.25) is 0 Å². The summed E-state index contributed by atoms with van der Waals surface area (Å²) in [6.07, 6.45) is 5.68. The zero-order chi connectivity index (χ0) is 13.5. The highest BCUT2D eigenvalue weighted by molar-refractivity contribution is 5.39. The first-order valence-corrected chi connectivity index (χ1v) is 7.24. The van der Waals surface area contributed by atoms with Crippen molar-refractivity contribution in [2.45, 2.75) is 38.1 Å². The van der Waals surface area contributed by atoms with Crippen LogP contribution in [0.4, 0.5) is 0 Å². The summed E-state index contributed by atoms with van der Waals surface area (Å²) in [6, 6.07) is 7.22. The summed E-state index contributed by atoms with van der Waals surface area (Å²) in [7, 11) is 3.81. The second kappa shape index (κ2) is 7.51. The summed E-state index contributed by atoms with van der Waals surface area (Å²) in [5.41, 5.74) is 2.80. The lowest BCUT2D eigenvalue weighted by Gasteiger charge is -2.16. The molecule has 0 spiro atoms. The normalized spacial score (nSPS) is 15.1. The van der Waals surface area contributed by atoms with Crippen LogP contribution in [0.15, 0.2) is 18.2 Å². The molecule has 3 heteroatoms. The zero-order valence-electron chi connectivity index (χ0n) is 12.1.